The van der Waals surface area contributed by atoms with Gasteiger partial charge in [0, 0.05) is 11.6 Å². The number of rotatable bonds is 3. The molecule has 0 aliphatic heterocycles. The van der Waals surface area contributed by atoms with Gasteiger partial charge in [-0.1, -0.05) is 6.07 Å². The third-order valence-corrected chi connectivity index (χ3v) is 1.75. The van der Waals surface area contributed by atoms with Crippen LogP contribution in [-0.2, 0) is 4.79 Å². The van der Waals surface area contributed by atoms with Crippen molar-refractivity contribution in [3.8, 4) is 0 Å². The smallest absolute Gasteiger partial charge is 0.207 e. The normalized spacial score (nSPS) is 12.2. The van der Waals surface area contributed by atoms with E-state index in [1.54, 1.807) is 6.92 Å². The molecular weight excluding hydrogens is 176 g/mol. The molecule has 0 aliphatic carbocycles. The van der Waals surface area contributed by atoms with Crippen molar-refractivity contribution in [2.75, 3.05) is 0 Å². The summed E-state index contributed by atoms with van der Waals surface area (Å²) >= 11 is 0. The summed E-state index contributed by atoms with van der Waals surface area (Å²) in [5, 5.41) is 2.38. The molecule has 2 nitrogen and oxygen atoms in total. The molecule has 0 spiro atoms. The first-order valence-corrected chi connectivity index (χ1v) is 3.80. The molecule has 0 aliphatic rings. The third kappa shape index (κ3) is 2.24. The number of hydrogen-bond acceptors (Lipinski definition) is 1. The van der Waals surface area contributed by atoms with E-state index in [0.29, 0.717) is 6.41 Å². The second-order valence-corrected chi connectivity index (χ2v) is 2.67. The molecule has 0 radical (unpaired) electrons. The highest BCUT2D eigenvalue weighted by molar-refractivity contribution is 5.47. The van der Waals surface area contributed by atoms with Gasteiger partial charge in [0.1, 0.15) is 11.6 Å². The maximum absolute atomic E-state index is 13.0. The van der Waals surface area contributed by atoms with Crippen molar-refractivity contribution in [3.63, 3.8) is 0 Å². The van der Waals surface area contributed by atoms with Gasteiger partial charge >= 0.3 is 0 Å². The minimum absolute atomic E-state index is 0.272. The van der Waals surface area contributed by atoms with Crippen LogP contribution in [0.1, 0.15) is 18.5 Å². The molecule has 0 heterocycles. The van der Waals surface area contributed by atoms with E-state index in [0.717, 1.165) is 12.1 Å². The Morgan fingerprint density at radius 2 is 2.15 bits per heavy atom. The Bertz CT molecular complexity index is 314. The fraction of sp³-hybridized carbons (Fsp3) is 0.222. The zero-order valence-electron chi connectivity index (χ0n) is 7.05. The van der Waals surface area contributed by atoms with Crippen molar-refractivity contribution in [1.29, 1.82) is 0 Å². The summed E-state index contributed by atoms with van der Waals surface area (Å²) < 4.78 is 25.5. The second-order valence-electron chi connectivity index (χ2n) is 2.67. The van der Waals surface area contributed by atoms with Crippen LogP contribution in [0, 0.1) is 11.6 Å². The zero-order valence-corrected chi connectivity index (χ0v) is 7.05. The monoisotopic (exact) mass is 185 g/mol. The van der Waals surface area contributed by atoms with E-state index in [4.69, 9.17) is 0 Å². The van der Waals surface area contributed by atoms with Crippen molar-refractivity contribution < 1.29 is 13.6 Å². The van der Waals surface area contributed by atoms with Crippen molar-refractivity contribution in [3.05, 3.63) is 35.4 Å². The Kier molecular flexibility index (Phi) is 2.95. The van der Waals surface area contributed by atoms with Crippen LogP contribution < -0.4 is 5.32 Å². The van der Waals surface area contributed by atoms with Gasteiger partial charge in [0.25, 0.3) is 0 Å². The predicted molar refractivity (Wildman–Crippen MR) is 44.0 cm³/mol. The first kappa shape index (κ1) is 9.64. The lowest BCUT2D eigenvalue weighted by molar-refractivity contribution is -0.110. The van der Waals surface area contributed by atoms with Crippen molar-refractivity contribution in [2.24, 2.45) is 0 Å². The van der Waals surface area contributed by atoms with Crippen LogP contribution >= 0.6 is 0 Å². The van der Waals surface area contributed by atoms with E-state index in [2.05, 4.69) is 5.32 Å². The summed E-state index contributed by atoms with van der Waals surface area (Å²) in [7, 11) is 0. The van der Waals surface area contributed by atoms with Gasteiger partial charge in [0.2, 0.25) is 6.41 Å². The molecular formula is C9H9F2NO. The summed E-state index contributed by atoms with van der Waals surface area (Å²) in [4.78, 5) is 10.1. The Hall–Kier alpha value is -1.45. The molecule has 0 aromatic heterocycles. The predicted octanol–water partition coefficient (Wildman–Crippen LogP) is 1.77. The fourth-order valence-electron chi connectivity index (χ4n) is 1.04. The molecule has 0 saturated carbocycles. The van der Waals surface area contributed by atoms with Crippen molar-refractivity contribution in [1.82, 2.24) is 5.32 Å². The zero-order chi connectivity index (χ0) is 9.84. The molecule has 1 aromatic carbocycles. The molecule has 0 bridgehead atoms. The van der Waals surface area contributed by atoms with Gasteiger partial charge in [-0.3, -0.25) is 4.79 Å². The van der Waals surface area contributed by atoms with Gasteiger partial charge in [-0.25, -0.2) is 8.78 Å². The van der Waals surface area contributed by atoms with E-state index >= 15 is 0 Å². The van der Waals surface area contributed by atoms with Crippen molar-refractivity contribution >= 4 is 6.41 Å². The topological polar surface area (TPSA) is 29.1 Å². The Morgan fingerprint density at radius 3 is 2.69 bits per heavy atom. The lowest BCUT2D eigenvalue weighted by Crippen LogP contribution is -2.17. The van der Waals surface area contributed by atoms with Gasteiger partial charge in [-0.05, 0) is 13.0 Å². The summed E-state index contributed by atoms with van der Waals surface area (Å²) in [5.74, 6) is -1.28. The molecule has 70 valence electrons. The molecule has 0 unspecified atom stereocenters. The van der Waals surface area contributed by atoms with Crippen LogP contribution in [0.15, 0.2) is 18.2 Å². The highest BCUT2D eigenvalue weighted by atomic mass is 19.1. The molecule has 1 amide bonds. The Morgan fingerprint density at radius 1 is 1.46 bits per heavy atom. The molecule has 0 fully saturated rings. The van der Waals surface area contributed by atoms with Gasteiger partial charge in [0.05, 0.1) is 6.04 Å². The van der Waals surface area contributed by atoms with E-state index in [1.165, 1.54) is 6.07 Å². The van der Waals surface area contributed by atoms with Gasteiger partial charge in [0.15, 0.2) is 0 Å². The minimum Gasteiger partial charge on any atom is -0.352 e. The van der Waals surface area contributed by atoms with Crippen LogP contribution in [0.3, 0.4) is 0 Å². The molecule has 4 heteroatoms. The standard InChI is InChI=1S/C9H9F2NO/c1-6(12-5-13)8-3-2-7(10)4-9(8)11/h2-6H,1H3,(H,12,13)/t6-/m1/s1. The first-order chi connectivity index (χ1) is 6.15. The molecule has 0 saturated heterocycles. The van der Waals surface area contributed by atoms with Crippen LogP contribution in [0.2, 0.25) is 0 Å². The minimum atomic E-state index is -0.651. The quantitative estimate of drug-likeness (QED) is 0.714. The Labute approximate surface area is 74.6 Å². The van der Waals surface area contributed by atoms with Crippen LogP contribution in [-0.4, -0.2) is 6.41 Å². The van der Waals surface area contributed by atoms with Gasteiger partial charge in [-0.2, -0.15) is 0 Å². The maximum atomic E-state index is 13.0. The van der Waals surface area contributed by atoms with Crippen LogP contribution in [0.4, 0.5) is 8.78 Å². The average molecular weight is 185 g/mol. The van der Waals surface area contributed by atoms with E-state index < -0.39 is 17.7 Å². The third-order valence-electron chi connectivity index (χ3n) is 1.75. The SMILES string of the molecule is C[C@@H](NC=O)c1ccc(F)cc1F. The number of carbonyl (C=O) groups excluding carboxylic acids is 1. The van der Waals surface area contributed by atoms with E-state index in [-0.39, 0.29) is 5.56 Å². The number of amides is 1. The summed E-state index contributed by atoms with van der Waals surface area (Å²) in [6.45, 7) is 1.62. The molecule has 1 aromatic rings. The van der Waals surface area contributed by atoms with E-state index in [1.807, 2.05) is 0 Å². The van der Waals surface area contributed by atoms with E-state index in [9.17, 15) is 13.6 Å². The number of nitrogens with one attached hydrogen (secondary N) is 1. The number of halogens is 2. The maximum Gasteiger partial charge on any atom is 0.207 e. The summed E-state index contributed by atoms with van der Waals surface area (Å²) in [5.41, 5.74) is 0.272. The fourth-order valence-corrected chi connectivity index (χ4v) is 1.04. The number of benzene rings is 1. The lowest BCUT2D eigenvalue weighted by atomic mass is 10.1. The number of hydrogen-bond donors (Lipinski definition) is 1. The average Bonchev–Trinajstić information content (AvgIpc) is 2.04. The second kappa shape index (κ2) is 3.98. The first-order valence-electron chi connectivity index (χ1n) is 3.80. The van der Waals surface area contributed by atoms with Gasteiger partial charge < -0.3 is 5.32 Å². The summed E-state index contributed by atoms with van der Waals surface area (Å²) in [6, 6.07) is 2.81. The largest absolute Gasteiger partial charge is 0.352 e. The highest BCUT2D eigenvalue weighted by Crippen LogP contribution is 2.16. The molecule has 1 atom stereocenters. The molecule has 1 rings (SSSR count). The highest BCUT2D eigenvalue weighted by Gasteiger charge is 2.09. The van der Waals surface area contributed by atoms with Gasteiger partial charge in [-0.15, -0.1) is 0 Å². The number of carbonyl (C=O) groups is 1. The molecule has 1 N–H and O–H groups in total. The Balaban J connectivity index is 2.94. The van der Waals surface area contributed by atoms with Crippen LogP contribution in [0.25, 0.3) is 0 Å². The summed E-state index contributed by atoms with van der Waals surface area (Å²) in [6.07, 6.45) is 0.480. The molecule has 13 heavy (non-hydrogen) atoms. The lowest BCUT2D eigenvalue weighted by Gasteiger charge is -2.10. The van der Waals surface area contributed by atoms with Crippen LogP contribution in [0.5, 0.6) is 0 Å². The van der Waals surface area contributed by atoms with Crippen molar-refractivity contribution in [2.45, 2.75) is 13.0 Å².